The Balaban J connectivity index is 1.55. The average molecular weight is 390 g/mol. The Hall–Kier alpha value is -2.64. The first kappa shape index (κ1) is 20.1. The van der Waals surface area contributed by atoms with Crippen molar-refractivity contribution < 1.29 is 18.8 Å². The number of halogens is 1. The van der Waals surface area contributed by atoms with Crippen LogP contribution in [0.15, 0.2) is 24.3 Å². The van der Waals surface area contributed by atoms with E-state index in [0.29, 0.717) is 30.9 Å². The molecule has 28 heavy (non-hydrogen) atoms. The van der Waals surface area contributed by atoms with E-state index in [1.807, 2.05) is 6.92 Å². The Bertz CT molecular complexity index is 757. The van der Waals surface area contributed by atoms with Gasteiger partial charge in [0.05, 0.1) is 6.54 Å². The molecule has 1 saturated carbocycles. The van der Waals surface area contributed by atoms with E-state index in [0.717, 1.165) is 0 Å². The molecule has 0 spiro atoms. The van der Waals surface area contributed by atoms with Gasteiger partial charge in [0, 0.05) is 42.8 Å². The van der Waals surface area contributed by atoms with Gasteiger partial charge in [-0.2, -0.15) is 0 Å². The molecule has 3 N–H and O–H groups in total. The lowest BCUT2D eigenvalue weighted by molar-refractivity contribution is -0.148. The van der Waals surface area contributed by atoms with Crippen molar-refractivity contribution in [2.75, 3.05) is 31.5 Å². The van der Waals surface area contributed by atoms with Gasteiger partial charge in [0.15, 0.2) is 0 Å². The molecule has 1 heterocycles. The number of hydrogen-bond donors (Lipinski definition) is 2. The van der Waals surface area contributed by atoms with Crippen LogP contribution < -0.4 is 11.1 Å². The summed E-state index contributed by atoms with van der Waals surface area (Å²) in [4.78, 5) is 39.7. The van der Waals surface area contributed by atoms with E-state index in [2.05, 4.69) is 5.32 Å². The number of alkyl halides is 1. The average Bonchev–Trinajstić information content (AvgIpc) is 2.63. The number of amides is 3. The van der Waals surface area contributed by atoms with Crippen LogP contribution in [-0.4, -0.2) is 65.4 Å². The highest BCUT2D eigenvalue weighted by atomic mass is 19.1. The van der Waals surface area contributed by atoms with Crippen molar-refractivity contribution >= 4 is 23.4 Å². The van der Waals surface area contributed by atoms with Crippen molar-refractivity contribution in [3.05, 3.63) is 29.8 Å². The SMILES string of the molecule is CC1CN(C(=O)c2ccc(NCC(N)=O)cc2)CCN1C(=O)C1CC(C)(F)C1. The molecule has 1 atom stereocenters. The second kappa shape index (κ2) is 7.77. The van der Waals surface area contributed by atoms with Gasteiger partial charge in [-0.05, 0) is 51.0 Å². The van der Waals surface area contributed by atoms with Crippen LogP contribution in [0.2, 0.25) is 0 Å². The molecule has 152 valence electrons. The van der Waals surface area contributed by atoms with Crippen LogP contribution in [0.1, 0.15) is 37.0 Å². The third-order valence-electron chi connectivity index (χ3n) is 5.49. The smallest absolute Gasteiger partial charge is 0.253 e. The van der Waals surface area contributed by atoms with Gasteiger partial charge in [0.2, 0.25) is 11.8 Å². The number of benzene rings is 1. The van der Waals surface area contributed by atoms with Gasteiger partial charge >= 0.3 is 0 Å². The first-order valence-corrected chi connectivity index (χ1v) is 9.57. The topological polar surface area (TPSA) is 95.7 Å². The second-order valence-electron chi connectivity index (χ2n) is 8.05. The number of primary amides is 1. The predicted molar refractivity (Wildman–Crippen MR) is 103 cm³/mol. The van der Waals surface area contributed by atoms with Gasteiger partial charge in [-0.15, -0.1) is 0 Å². The summed E-state index contributed by atoms with van der Waals surface area (Å²) in [6.07, 6.45) is 0.571. The zero-order valence-electron chi connectivity index (χ0n) is 16.3. The molecular weight excluding hydrogens is 363 g/mol. The Morgan fingerprint density at radius 2 is 1.86 bits per heavy atom. The molecule has 2 fully saturated rings. The van der Waals surface area contributed by atoms with E-state index in [1.54, 1.807) is 34.1 Å². The highest BCUT2D eigenvalue weighted by molar-refractivity contribution is 5.95. The second-order valence-corrected chi connectivity index (χ2v) is 8.05. The van der Waals surface area contributed by atoms with Gasteiger partial charge in [-0.1, -0.05) is 0 Å². The highest BCUT2D eigenvalue weighted by Gasteiger charge is 2.46. The van der Waals surface area contributed by atoms with Gasteiger partial charge < -0.3 is 20.9 Å². The first-order chi connectivity index (χ1) is 13.2. The summed E-state index contributed by atoms with van der Waals surface area (Å²) in [6, 6.07) is 6.75. The number of nitrogens with zero attached hydrogens (tertiary/aromatic N) is 2. The van der Waals surface area contributed by atoms with E-state index >= 15 is 0 Å². The quantitative estimate of drug-likeness (QED) is 0.794. The number of nitrogens with one attached hydrogen (secondary N) is 1. The number of hydrogen-bond acceptors (Lipinski definition) is 4. The molecule has 1 aromatic carbocycles. The first-order valence-electron chi connectivity index (χ1n) is 9.57. The van der Waals surface area contributed by atoms with Gasteiger partial charge in [-0.3, -0.25) is 14.4 Å². The number of anilines is 1. The Labute approximate surface area is 164 Å². The minimum absolute atomic E-state index is 0.000368. The van der Waals surface area contributed by atoms with E-state index in [-0.39, 0.29) is 43.2 Å². The summed E-state index contributed by atoms with van der Waals surface area (Å²) >= 11 is 0. The highest BCUT2D eigenvalue weighted by Crippen LogP contribution is 2.42. The normalized spacial score (nSPS) is 27.1. The van der Waals surface area contributed by atoms with Crippen molar-refractivity contribution in [2.24, 2.45) is 11.7 Å². The molecule has 3 amide bonds. The number of nitrogens with two attached hydrogens (primary N) is 1. The minimum Gasteiger partial charge on any atom is -0.376 e. The standard InChI is InChI=1S/C20H27FN4O3/c1-13-12-24(7-8-25(13)19(28)15-9-20(2,21)10-15)18(27)14-3-5-16(6-4-14)23-11-17(22)26/h3-6,13,15,23H,7-12H2,1-2H3,(H2,22,26). The van der Waals surface area contributed by atoms with E-state index in [9.17, 15) is 18.8 Å². The molecule has 8 heteroatoms. The zero-order chi connectivity index (χ0) is 20.5. The lowest BCUT2D eigenvalue weighted by atomic mass is 9.72. The molecule has 1 aliphatic carbocycles. The maximum atomic E-state index is 13.7. The van der Waals surface area contributed by atoms with Gasteiger partial charge in [-0.25, -0.2) is 4.39 Å². The maximum absolute atomic E-state index is 13.7. The molecule has 1 aliphatic heterocycles. The lowest BCUT2D eigenvalue weighted by Gasteiger charge is -2.45. The Kier molecular flexibility index (Phi) is 5.58. The summed E-state index contributed by atoms with van der Waals surface area (Å²) in [5.74, 6) is -0.792. The van der Waals surface area contributed by atoms with Crippen LogP contribution in [0.4, 0.5) is 10.1 Å². The van der Waals surface area contributed by atoms with Crippen molar-refractivity contribution in [1.29, 1.82) is 0 Å². The summed E-state index contributed by atoms with van der Waals surface area (Å²) in [6.45, 7) is 4.85. The molecule has 1 aromatic rings. The summed E-state index contributed by atoms with van der Waals surface area (Å²) in [5.41, 5.74) is 5.13. The van der Waals surface area contributed by atoms with Crippen LogP contribution in [0.25, 0.3) is 0 Å². The van der Waals surface area contributed by atoms with Crippen LogP contribution in [0.5, 0.6) is 0 Å². The van der Waals surface area contributed by atoms with Crippen molar-refractivity contribution in [1.82, 2.24) is 9.80 Å². The zero-order valence-corrected chi connectivity index (χ0v) is 16.3. The van der Waals surface area contributed by atoms with Crippen molar-refractivity contribution in [2.45, 2.75) is 38.4 Å². The van der Waals surface area contributed by atoms with Crippen molar-refractivity contribution in [3.63, 3.8) is 0 Å². The number of carbonyl (C=O) groups is 3. The largest absolute Gasteiger partial charge is 0.376 e. The molecule has 0 bridgehead atoms. The summed E-state index contributed by atoms with van der Waals surface area (Å²) < 4.78 is 13.7. The minimum atomic E-state index is -1.22. The fourth-order valence-corrected chi connectivity index (χ4v) is 3.95. The maximum Gasteiger partial charge on any atom is 0.253 e. The Morgan fingerprint density at radius 3 is 2.39 bits per heavy atom. The molecule has 0 radical (unpaired) electrons. The third-order valence-corrected chi connectivity index (χ3v) is 5.49. The third kappa shape index (κ3) is 4.43. The molecule has 0 aromatic heterocycles. The van der Waals surface area contributed by atoms with Gasteiger partial charge in [0.1, 0.15) is 5.67 Å². The number of piperazine rings is 1. The molecule has 1 saturated heterocycles. The van der Waals surface area contributed by atoms with E-state index in [1.165, 1.54) is 6.92 Å². The van der Waals surface area contributed by atoms with Crippen LogP contribution in [0.3, 0.4) is 0 Å². The van der Waals surface area contributed by atoms with Crippen LogP contribution in [0, 0.1) is 5.92 Å². The molecule has 2 aliphatic rings. The molecule has 7 nitrogen and oxygen atoms in total. The summed E-state index contributed by atoms with van der Waals surface area (Å²) in [5, 5.41) is 2.87. The van der Waals surface area contributed by atoms with Gasteiger partial charge in [0.25, 0.3) is 5.91 Å². The van der Waals surface area contributed by atoms with Crippen LogP contribution in [-0.2, 0) is 9.59 Å². The fraction of sp³-hybridized carbons (Fsp3) is 0.550. The monoisotopic (exact) mass is 390 g/mol. The van der Waals surface area contributed by atoms with E-state index < -0.39 is 11.6 Å². The molecule has 1 unspecified atom stereocenters. The number of carbonyl (C=O) groups excluding carboxylic acids is 3. The van der Waals surface area contributed by atoms with Crippen LogP contribution >= 0.6 is 0 Å². The molecule has 3 rings (SSSR count). The predicted octanol–water partition coefficient (Wildman–Crippen LogP) is 1.39. The lowest BCUT2D eigenvalue weighted by Crippen LogP contribution is -2.58. The summed E-state index contributed by atoms with van der Waals surface area (Å²) in [7, 11) is 0. The van der Waals surface area contributed by atoms with Crippen molar-refractivity contribution in [3.8, 4) is 0 Å². The molecular formula is C20H27FN4O3. The Morgan fingerprint density at radius 1 is 1.21 bits per heavy atom. The fourth-order valence-electron chi connectivity index (χ4n) is 3.95. The number of rotatable bonds is 5. The van der Waals surface area contributed by atoms with E-state index in [4.69, 9.17) is 5.73 Å².